The highest BCUT2D eigenvalue weighted by Crippen LogP contribution is 2.32. The second-order valence-electron chi connectivity index (χ2n) is 5.00. The maximum absolute atomic E-state index is 13.7. The van der Waals surface area contributed by atoms with Crippen LogP contribution in [0.4, 0.5) is 8.78 Å². The number of benzene rings is 2. The fourth-order valence-electron chi connectivity index (χ4n) is 2.48. The summed E-state index contributed by atoms with van der Waals surface area (Å²) in [6, 6.07) is 13.6. The molecule has 0 saturated carbocycles. The maximum atomic E-state index is 13.7. The number of rotatable bonds is 3. The van der Waals surface area contributed by atoms with Crippen molar-refractivity contribution in [1.29, 1.82) is 0 Å². The van der Waals surface area contributed by atoms with Gasteiger partial charge in [-0.15, -0.1) is 0 Å². The molecule has 3 aromatic rings. The first-order valence-corrected chi connectivity index (χ1v) is 7.03. The lowest BCUT2D eigenvalue weighted by atomic mass is 10.00. The van der Waals surface area contributed by atoms with Crippen molar-refractivity contribution >= 4 is 16.5 Å². The first-order valence-electron chi connectivity index (χ1n) is 7.03. The summed E-state index contributed by atoms with van der Waals surface area (Å²) >= 11 is 0. The second kappa shape index (κ2) is 6.12. The number of methoxy groups -OCH3 is 1. The average Bonchev–Trinajstić information content (AvgIpc) is 2.55. The second-order valence-corrected chi connectivity index (χ2v) is 5.00. The van der Waals surface area contributed by atoms with Gasteiger partial charge in [-0.05, 0) is 30.7 Å². The summed E-state index contributed by atoms with van der Waals surface area (Å²) in [5, 5.41) is 0.594. The molecule has 0 radical (unpaired) electrons. The molecule has 0 fully saturated rings. The predicted octanol–water partition coefficient (Wildman–Crippen LogP) is 4.60. The number of hydrogen-bond acceptors (Lipinski definition) is 3. The molecule has 5 heteroatoms. The molecule has 0 saturated heterocycles. The summed E-state index contributed by atoms with van der Waals surface area (Å²) in [5.41, 5.74) is 1.07. The van der Waals surface area contributed by atoms with Crippen molar-refractivity contribution in [3.8, 4) is 5.75 Å². The Morgan fingerprint density at radius 2 is 1.65 bits per heavy atom. The third-order valence-corrected chi connectivity index (χ3v) is 3.52. The van der Waals surface area contributed by atoms with Crippen molar-refractivity contribution < 1.29 is 13.5 Å². The molecule has 1 aromatic heterocycles. The van der Waals surface area contributed by atoms with Gasteiger partial charge in [-0.3, -0.25) is 0 Å². The molecule has 0 aliphatic rings. The minimum absolute atomic E-state index is 0.186. The third kappa shape index (κ3) is 2.90. The van der Waals surface area contributed by atoms with Gasteiger partial charge in [0.25, 0.3) is 6.08 Å². The van der Waals surface area contributed by atoms with Crippen molar-refractivity contribution in [3.63, 3.8) is 0 Å². The summed E-state index contributed by atoms with van der Waals surface area (Å²) in [6.07, 6.45) is -1.78. The van der Waals surface area contributed by atoms with Gasteiger partial charge in [-0.25, -0.2) is 9.97 Å². The standard InChI is InChI=1S/C18H14F2N2O/c1-11-21-15-6-4-3-5-14(15)17(22-11)16(18(19)20)12-7-9-13(23-2)10-8-12/h3-10H,1-2H3. The van der Waals surface area contributed by atoms with Crippen LogP contribution in [0.2, 0.25) is 0 Å². The molecule has 0 atom stereocenters. The molecule has 116 valence electrons. The minimum Gasteiger partial charge on any atom is -0.497 e. The number of ether oxygens (including phenoxy) is 1. The molecule has 3 nitrogen and oxygen atoms in total. The lowest BCUT2D eigenvalue weighted by molar-refractivity contribution is 0.414. The highest BCUT2D eigenvalue weighted by atomic mass is 19.3. The molecule has 0 bridgehead atoms. The van der Waals surface area contributed by atoms with Gasteiger partial charge < -0.3 is 4.74 Å². The van der Waals surface area contributed by atoms with Crippen molar-refractivity contribution in [3.05, 3.63) is 71.7 Å². The smallest absolute Gasteiger partial charge is 0.280 e. The number of halogens is 2. The SMILES string of the molecule is COc1ccc(C(=C(F)F)c2nc(C)nc3ccccc23)cc1. The zero-order valence-corrected chi connectivity index (χ0v) is 12.7. The van der Waals surface area contributed by atoms with Gasteiger partial charge in [0.2, 0.25) is 0 Å². The lowest BCUT2D eigenvalue weighted by Gasteiger charge is -2.11. The van der Waals surface area contributed by atoms with Crippen LogP contribution < -0.4 is 4.74 Å². The molecular weight excluding hydrogens is 298 g/mol. The van der Waals surface area contributed by atoms with Crippen LogP contribution in [0.1, 0.15) is 17.1 Å². The van der Waals surface area contributed by atoms with E-state index < -0.39 is 6.08 Å². The van der Waals surface area contributed by atoms with Crippen molar-refractivity contribution in [2.45, 2.75) is 6.92 Å². The molecule has 0 unspecified atom stereocenters. The lowest BCUT2D eigenvalue weighted by Crippen LogP contribution is -1.99. The highest BCUT2D eigenvalue weighted by molar-refractivity contribution is 5.94. The normalized spacial score (nSPS) is 10.6. The van der Waals surface area contributed by atoms with E-state index in [0.717, 1.165) is 0 Å². The summed E-state index contributed by atoms with van der Waals surface area (Å²) in [4.78, 5) is 8.56. The van der Waals surface area contributed by atoms with Crippen LogP contribution in [0.5, 0.6) is 5.75 Å². The Balaban J connectivity index is 2.26. The van der Waals surface area contributed by atoms with E-state index >= 15 is 0 Å². The van der Waals surface area contributed by atoms with Crippen LogP contribution >= 0.6 is 0 Å². The van der Waals surface area contributed by atoms with Crippen LogP contribution in [0.15, 0.2) is 54.6 Å². The molecule has 0 amide bonds. The quantitative estimate of drug-likeness (QED) is 0.709. The van der Waals surface area contributed by atoms with Gasteiger partial charge in [-0.2, -0.15) is 8.78 Å². The fourth-order valence-corrected chi connectivity index (χ4v) is 2.48. The topological polar surface area (TPSA) is 35.0 Å². The summed E-state index contributed by atoms with van der Waals surface area (Å²) in [5.74, 6) is 1.06. The fraction of sp³-hybridized carbons (Fsp3) is 0.111. The van der Waals surface area contributed by atoms with E-state index in [0.29, 0.717) is 28.0 Å². The van der Waals surface area contributed by atoms with E-state index in [4.69, 9.17) is 4.74 Å². The highest BCUT2D eigenvalue weighted by Gasteiger charge is 2.18. The average molecular weight is 312 g/mol. The van der Waals surface area contributed by atoms with Crippen LogP contribution in [-0.2, 0) is 0 Å². The third-order valence-electron chi connectivity index (χ3n) is 3.52. The van der Waals surface area contributed by atoms with E-state index in [1.54, 1.807) is 49.4 Å². The van der Waals surface area contributed by atoms with Crippen LogP contribution in [-0.4, -0.2) is 17.1 Å². The summed E-state index contributed by atoms with van der Waals surface area (Å²) < 4.78 is 32.5. The maximum Gasteiger partial charge on any atom is 0.280 e. The van der Waals surface area contributed by atoms with E-state index in [1.165, 1.54) is 7.11 Å². The minimum atomic E-state index is -1.78. The van der Waals surface area contributed by atoms with Crippen molar-refractivity contribution in [2.75, 3.05) is 7.11 Å². The molecule has 23 heavy (non-hydrogen) atoms. The van der Waals surface area contributed by atoms with Gasteiger partial charge in [0.1, 0.15) is 11.6 Å². The Morgan fingerprint density at radius 3 is 2.30 bits per heavy atom. The van der Waals surface area contributed by atoms with Gasteiger partial charge in [0.05, 0.1) is 23.9 Å². The van der Waals surface area contributed by atoms with E-state index in [-0.39, 0.29) is 11.3 Å². The number of para-hydroxylation sites is 1. The molecule has 0 N–H and O–H groups in total. The van der Waals surface area contributed by atoms with Gasteiger partial charge in [-0.1, -0.05) is 30.3 Å². The van der Waals surface area contributed by atoms with Crippen LogP contribution in [0.25, 0.3) is 16.5 Å². The zero-order valence-electron chi connectivity index (χ0n) is 12.7. The molecule has 0 aliphatic heterocycles. The monoisotopic (exact) mass is 312 g/mol. The van der Waals surface area contributed by atoms with Crippen LogP contribution in [0, 0.1) is 6.92 Å². The van der Waals surface area contributed by atoms with Gasteiger partial charge >= 0.3 is 0 Å². The molecular formula is C18H14F2N2O. The molecule has 1 heterocycles. The zero-order chi connectivity index (χ0) is 16.4. The van der Waals surface area contributed by atoms with Gasteiger partial charge in [0.15, 0.2) is 0 Å². The van der Waals surface area contributed by atoms with E-state index in [2.05, 4.69) is 9.97 Å². The largest absolute Gasteiger partial charge is 0.497 e. The molecule has 0 spiro atoms. The Kier molecular flexibility index (Phi) is 4.02. The number of aromatic nitrogens is 2. The Hall–Kier alpha value is -2.82. The number of nitrogens with zero attached hydrogens (tertiary/aromatic N) is 2. The predicted molar refractivity (Wildman–Crippen MR) is 85.5 cm³/mol. The molecule has 2 aromatic carbocycles. The Bertz CT molecular complexity index is 885. The van der Waals surface area contributed by atoms with Gasteiger partial charge in [0, 0.05) is 5.39 Å². The van der Waals surface area contributed by atoms with E-state index in [9.17, 15) is 8.78 Å². The first-order chi connectivity index (χ1) is 11.1. The first kappa shape index (κ1) is 15.1. The van der Waals surface area contributed by atoms with Crippen LogP contribution in [0.3, 0.4) is 0 Å². The summed E-state index contributed by atoms with van der Waals surface area (Å²) in [6.45, 7) is 1.69. The number of fused-ring (bicyclic) bond motifs is 1. The van der Waals surface area contributed by atoms with Crippen molar-refractivity contribution in [2.24, 2.45) is 0 Å². The summed E-state index contributed by atoms with van der Waals surface area (Å²) in [7, 11) is 1.53. The van der Waals surface area contributed by atoms with E-state index in [1.807, 2.05) is 6.07 Å². The number of aryl methyl sites for hydroxylation is 1. The molecule has 0 aliphatic carbocycles. The Labute approximate surface area is 132 Å². The van der Waals surface area contributed by atoms with Crippen molar-refractivity contribution in [1.82, 2.24) is 9.97 Å². The Morgan fingerprint density at radius 1 is 0.957 bits per heavy atom. The molecule has 3 rings (SSSR count). The number of hydrogen-bond donors (Lipinski definition) is 0.